The lowest BCUT2D eigenvalue weighted by molar-refractivity contribution is 0.252. The number of anilines is 1. The van der Waals surface area contributed by atoms with Crippen molar-refractivity contribution in [2.45, 2.75) is 13.3 Å². The van der Waals surface area contributed by atoms with Gasteiger partial charge in [0.15, 0.2) is 0 Å². The van der Waals surface area contributed by atoms with Crippen LogP contribution in [0, 0.1) is 5.82 Å². The fraction of sp³-hybridized carbons (Fsp3) is 0.273. The average Bonchev–Trinajstić information content (AvgIpc) is 2.28. The van der Waals surface area contributed by atoms with E-state index >= 15 is 0 Å². The van der Waals surface area contributed by atoms with E-state index in [0.717, 1.165) is 6.42 Å². The maximum absolute atomic E-state index is 13.5. The molecule has 0 spiro atoms. The number of urea groups is 1. The van der Waals surface area contributed by atoms with Gasteiger partial charge in [-0.1, -0.05) is 19.1 Å². The summed E-state index contributed by atoms with van der Waals surface area (Å²) in [5.74, 6) is -0.568. The van der Waals surface area contributed by atoms with Gasteiger partial charge < -0.3 is 16.4 Å². The number of hydrogen-bond acceptors (Lipinski definition) is 2. The van der Waals surface area contributed by atoms with Crippen molar-refractivity contribution < 1.29 is 9.18 Å². The smallest absolute Gasteiger partial charge is 0.319 e. The molecule has 1 rings (SSSR count). The third-order valence-corrected chi connectivity index (χ3v) is 2.27. The minimum atomic E-state index is -0.568. The molecule has 92 valence electrons. The Morgan fingerprint density at radius 3 is 2.76 bits per heavy atom. The van der Waals surface area contributed by atoms with E-state index in [1.807, 2.05) is 6.92 Å². The van der Waals surface area contributed by atoms with Crippen molar-refractivity contribution in [3.63, 3.8) is 0 Å². The van der Waals surface area contributed by atoms with Crippen LogP contribution in [-0.4, -0.2) is 17.6 Å². The summed E-state index contributed by atoms with van der Waals surface area (Å²) in [5.41, 5.74) is 5.89. The summed E-state index contributed by atoms with van der Waals surface area (Å²) in [5, 5.41) is 4.98. The Kier molecular flexibility index (Phi) is 4.84. The van der Waals surface area contributed by atoms with Crippen molar-refractivity contribution in [1.82, 2.24) is 5.32 Å². The van der Waals surface area contributed by atoms with Crippen LogP contribution < -0.4 is 16.4 Å². The summed E-state index contributed by atoms with van der Waals surface area (Å²) >= 11 is 4.72. The molecule has 6 heteroatoms. The predicted octanol–water partition coefficient (Wildman–Crippen LogP) is 1.99. The second-order valence-corrected chi connectivity index (χ2v) is 3.88. The summed E-state index contributed by atoms with van der Waals surface area (Å²) < 4.78 is 13.5. The van der Waals surface area contributed by atoms with E-state index in [9.17, 15) is 9.18 Å². The molecule has 4 nitrogen and oxygen atoms in total. The fourth-order valence-electron chi connectivity index (χ4n) is 1.17. The zero-order valence-electron chi connectivity index (χ0n) is 9.42. The Morgan fingerprint density at radius 2 is 2.24 bits per heavy atom. The summed E-state index contributed by atoms with van der Waals surface area (Å²) in [4.78, 5) is 11.4. The van der Waals surface area contributed by atoms with Gasteiger partial charge >= 0.3 is 6.03 Å². The largest absolute Gasteiger partial charge is 0.389 e. The second kappa shape index (κ2) is 6.15. The van der Waals surface area contributed by atoms with Crippen LogP contribution >= 0.6 is 12.2 Å². The molecule has 4 N–H and O–H groups in total. The molecule has 2 amide bonds. The van der Waals surface area contributed by atoms with Crippen LogP contribution in [0.3, 0.4) is 0 Å². The van der Waals surface area contributed by atoms with E-state index in [1.54, 1.807) is 6.07 Å². The van der Waals surface area contributed by atoms with E-state index in [-0.39, 0.29) is 10.7 Å². The topological polar surface area (TPSA) is 67.2 Å². The van der Waals surface area contributed by atoms with Crippen LogP contribution in [-0.2, 0) is 0 Å². The van der Waals surface area contributed by atoms with Crippen LogP contribution in [0.15, 0.2) is 18.2 Å². The molecule has 1 aromatic rings. The standard InChI is InChI=1S/C11H14FN3OS/c1-2-5-14-11(16)15-9-4-3-7(10(13)17)6-8(9)12/h3-4,6H,2,5H2,1H3,(H2,13,17)(H2,14,15,16). The normalized spacial score (nSPS) is 9.76. The molecule has 1 aromatic carbocycles. The SMILES string of the molecule is CCCNC(=O)Nc1ccc(C(N)=S)cc1F. The third kappa shape index (κ3) is 3.99. The quantitative estimate of drug-likeness (QED) is 0.721. The lowest BCUT2D eigenvalue weighted by Crippen LogP contribution is -2.29. The third-order valence-electron chi connectivity index (χ3n) is 2.04. The molecular formula is C11H14FN3OS. The molecule has 0 aliphatic heterocycles. The Morgan fingerprint density at radius 1 is 1.53 bits per heavy atom. The zero-order valence-corrected chi connectivity index (χ0v) is 10.2. The van der Waals surface area contributed by atoms with Gasteiger partial charge in [0.25, 0.3) is 0 Å². The van der Waals surface area contributed by atoms with E-state index in [0.29, 0.717) is 12.1 Å². The number of carbonyl (C=O) groups excluding carboxylic acids is 1. The molecule has 0 saturated heterocycles. The second-order valence-electron chi connectivity index (χ2n) is 3.44. The van der Waals surface area contributed by atoms with Gasteiger partial charge in [0.1, 0.15) is 10.8 Å². The highest BCUT2D eigenvalue weighted by Gasteiger charge is 2.07. The Labute approximate surface area is 104 Å². The molecule has 17 heavy (non-hydrogen) atoms. The predicted molar refractivity (Wildman–Crippen MR) is 69.6 cm³/mol. The van der Waals surface area contributed by atoms with Gasteiger partial charge in [-0.05, 0) is 24.6 Å². The summed E-state index contributed by atoms with van der Waals surface area (Å²) in [6.45, 7) is 2.47. The molecule has 0 heterocycles. The molecule has 0 fully saturated rings. The maximum Gasteiger partial charge on any atom is 0.319 e. The maximum atomic E-state index is 13.5. The number of hydrogen-bond donors (Lipinski definition) is 3. The van der Waals surface area contributed by atoms with E-state index in [2.05, 4.69) is 10.6 Å². The Hall–Kier alpha value is -1.69. The number of rotatable bonds is 4. The molecule has 0 aromatic heterocycles. The van der Waals surface area contributed by atoms with Crippen LogP contribution in [0.4, 0.5) is 14.9 Å². The summed E-state index contributed by atoms with van der Waals surface area (Å²) in [6, 6.07) is 3.74. The minimum absolute atomic E-state index is 0.0959. The van der Waals surface area contributed by atoms with Crippen molar-refractivity contribution in [1.29, 1.82) is 0 Å². The fourth-order valence-corrected chi connectivity index (χ4v) is 1.30. The monoisotopic (exact) mass is 255 g/mol. The highest BCUT2D eigenvalue weighted by atomic mass is 32.1. The van der Waals surface area contributed by atoms with Crippen molar-refractivity contribution >= 4 is 28.9 Å². The minimum Gasteiger partial charge on any atom is -0.389 e. The molecule has 0 aliphatic carbocycles. The highest BCUT2D eigenvalue weighted by molar-refractivity contribution is 7.80. The summed E-state index contributed by atoms with van der Waals surface area (Å²) in [7, 11) is 0. The first-order chi connectivity index (χ1) is 8.04. The van der Waals surface area contributed by atoms with Crippen molar-refractivity contribution in [2.24, 2.45) is 5.73 Å². The zero-order chi connectivity index (χ0) is 12.8. The Bertz CT molecular complexity index is 437. The first-order valence-corrected chi connectivity index (χ1v) is 5.59. The van der Waals surface area contributed by atoms with Gasteiger partial charge in [-0.3, -0.25) is 0 Å². The number of halogens is 1. The molecule has 0 atom stereocenters. The summed E-state index contributed by atoms with van der Waals surface area (Å²) in [6.07, 6.45) is 0.816. The van der Waals surface area contributed by atoms with Crippen molar-refractivity contribution in [3.05, 3.63) is 29.6 Å². The number of benzene rings is 1. The van der Waals surface area contributed by atoms with Gasteiger partial charge in [-0.15, -0.1) is 0 Å². The van der Waals surface area contributed by atoms with Crippen molar-refractivity contribution in [2.75, 3.05) is 11.9 Å². The number of carbonyl (C=O) groups is 1. The van der Waals surface area contributed by atoms with Gasteiger partial charge in [0.05, 0.1) is 5.69 Å². The number of nitrogens with one attached hydrogen (secondary N) is 2. The number of nitrogens with two attached hydrogens (primary N) is 1. The van der Waals surface area contributed by atoms with Gasteiger partial charge in [-0.2, -0.15) is 0 Å². The molecule has 0 aliphatic rings. The Balaban J connectivity index is 2.72. The molecule has 0 radical (unpaired) electrons. The molecule has 0 saturated carbocycles. The van der Waals surface area contributed by atoms with Crippen LogP contribution in [0.25, 0.3) is 0 Å². The number of thiocarbonyl (C=S) groups is 1. The lowest BCUT2D eigenvalue weighted by Gasteiger charge is -2.08. The van der Waals surface area contributed by atoms with E-state index in [1.165, 1.54) is 12.1 Å². The van der Waals surface area contributed by atoms with E-state index in [4.69, 9.17) is 18.0 Å². The van der Waals surface area contributed by atoms with Crippen LogP contribution in [0.5, 0.6) is 0 Å². The molecular weight excluding hydrogens is 241 g/mol. The average molecular weight is 255 g/mol. The van der Waals surface area contributed by atoms with E-state index < -0.39 is 11.8 Å². The van der Waals surface area contributed by atoms with Gasteiger partial charge in [0, 0.05) is 12.1 Å². The van der Waals surface area contributed by atoms with Gasteiger partial charge in [-0.25, -0.2) is 9.18 Å². The lowest BCUT2D eigenvalue weighted by atomic mass is 10.2. The first-order valence-electron chi connectivity index (χ1n) is 5.18. The highest BCUT2D eigenvalue weighted by Crippen LogP contribution is 2.15. The first kappa shape index (κ1) is 13.4. The van der Waals surface area contributed by atoms with Crippen LogP contribution in [0.2, 0.25) is 0 Å². The van der Waals surface area contributed by atoms with Gasteiger partial charge in [0.2, 0.25) is 0 Å². The molecule has 0 unspecified atom stereocenters. The number of amides is 2. The van der Waals surface area contributed by atoms with Crippen molar-refractivity contribution in [3.8, 4) is 0 Å². The van der Waals surface area contributed by atoms with Crippen LogP contribution in [0.1, 0.15) is 18.9 Å². The molecule has 0 bridgehead atoms.